The van der Waals surface area contributed by atoms with Crippen LogP contribution in [-0.4, -0.2) is 47.5 Å². The number of hydrogen-bond donors (Lipinski definition) is 1. The third kappa shape index (κ3) is 3.05. The largest absolute Gasteiger partial charge is 0.464 e. The zero-order chi connectivity index (χ0) is 15.5. The van der Waals surface area contributed by atoms with Crippen molar-refractivity contribution in [2.24, 2.45) is 0 Å². The molecule has 114 valence electrons. The highest BCUT2D eigenvalue weighted by Crippen LogP contribution is 2.24. The van der Waals surface area contributed by atoms with Gasteiger partial charge in [0.15, 0.2) is 0 Å². The standard InChI is InChI=1S/C15H21N3O3/c1-4-15(2)14(20)16-8-9-18(15)10-11-6-5-7-12(17-11)13(19)21-3/h5-7H,4,8-10H2,1-3H3,(H,16,20). The van der Waals surface area contributed by atoms with Crippen LogP contribution < -0.4 is 5.32 Å². The minimum absolute atomic E-state index is 0.0420. The Morgan fingerprint density at radius 3 is 2.95 bits per heavy atom. The number of methoxy groups -OCH3 is 1. The molecule has 1 aliphatic rings. The number of rotatable bonds is 4. The van der Waals surface area contributed by atoms with E-state index in [0.29, 0.717) is 13.1 Å². The molecule has 0 spiro atoms. The van der Waals surface area contributed by atoms with E-state index in [4.69, 9.17) is 0 Å². The molecule has 0 radical (unpaired) electrons. The van der Waals surface area contributed by atoms with Gasteiger partial charge in [0, 0.05) is 19.6 Å². The summed E-state index contributed by atoms with van der Waals surface area (Å²) in [7, 11) is 1.33. The highest BCUT2D eigenvalue weighted by atomic mass is 16.5. The predicted octanol–water partition coefficient (Wildman–Crippen LogP) is 0.969. The lowest BCUT2D eigenvalue weighted by Crippen LogP contribution is -2.62. The van der Waals surface area contributed by atoms with Crippen molar-refractivity contribution in [1.29, 1.82) is 0 Å². The van der Waals surface area contributed by atoms with Gasteiger partial charge in [0.25, 0.3) is 0 Å². The lowest BCUT2D eigenvalue weighted by Gasteiger charge is -2.43. The minimum atomic E-state index is -0.540. The van der Waals surface area contributed by atoms with Gasteiger partial charge in [-0.3, -0.25) is 9.69 Å². The van der Waals surface area contributed by atoms with E-state index in [2.05, 4.69) is 19.9 Å². The van der Waals surface area contributed by atoms with Crippen molar-refractivity contribution in [2.75, 3.05) is 20.2 Å². The van der Waals surface area contributed by atoms with Crippen molar-refractivity contribution < 1.29 is 14.3 Å². The number of carbonyl (C=O) groups excluding carboxylic acids is 2. The highest BCUT2D eigenvalue weighted by molar-refractivity contribution is 5.87. The lowest BCUT2D eigenvalue weighted by molar-refractivity contribution is -0.137. The van der Waals surface area contributed by atoms with Crippen molar-refractivity contribution in [3.8, 4) is 0 Å². The van der Waals surface area contributed by atoms with E-state index in [1.807, 2.05) is 19.9 Å². The summed E-state index contributed by atoms with van der Waals surface area (Å²) in [6.07, 6.45) is 0.718. The molecule has 1 aromatic rings. The summed E-state index contributed by atoms with van der Waals surface area (Å²) in [5, 5.41) is 2.90. The fourth-order valence-electron chi connectivity index (χ4n) is 2.50. The molecular formula is C15H21N3O3. The maximum atomic E-state index is 12.1. The van der Waals surface area contributed by atoms with Gasteiger partial charge in [0.2, 0.25) is 5.91 Å². The summed E-state index contributed by atoms with van der Waals surface area (Å²) < 4.78 is 4.68. The Morgan fingerprint density at radius 2 is 2.29 bits per heavy atom. The van der Waals surface area contributed by atoms with E-state index in [-0.39, 0.29) is 11.6 Å². The van der Waals surface area contributed by atoms with E-state index < -0.39 is 11.5 Å². The highest BCUT2D eigenvalue weighted by Gasteiger charge is 2.40. The van der Waals surface area contributed by atoms with E-state index in [1.165, 1.54) is 7.11 Å². The van der Waals surface area contributed by atoms with Crippen LogP contribution in [0.1, 0.15) is 36.5 Å². The Kier molecular flexibility index (Phi) is 4.57. The predicted molar refractivity (Wildman–Crippen MR) is 77.7 cm³/mol. The molecule has 1 N–H and O–H groups in total. The fourth-order valence-corrected chi connectivity index (χ4v) is 2.50. The van der Waals surface area contributed by atoms with Crippen LogP contribution in [0.25, 0.3) is 0 Å². The SMILES string of the molecule is CCC1(C)C(=O)NCCN1Cc1cccc(C(=O)OC)n1. The molecule has 1 saturated heterocycles. The molecule has 1 atom stereocenters. The number of piperazine rings is 1. The molecule has 0 saturated carbocycles. The molecule has 2 rings (SSSR count). The third-order valence-corrected chi connectivity index (χ3v) is 4.10. The van der Waals surface area contributed by atoms with E-state index in [1.54, 1.807) is 12.1 Å². The van der Waals surface area contributed by atoms with Crippen LogP contribution in [0.4, 0.5) is 0 Å². The number of hydrogen-bond acceptors (Lipinski definition) is 5. The average Bonchev–Trinajstić information content (AvgIpc) is 2.51. The molecule has 6 nitrogen and oxygen atoms in total. The second-order valence-electron chi connectivity index (χ2n) is 5.31. The molecule has 1 fully saturated rings. The maximum absolute atomic E-state index is 12.1. The number of aromatic nitrogens is 1. The first-order valence-corrected chi connectivity index (χ1v) is 7.09. The summed E-state index contributed by atoms with van der Waals surface area (Å²) in [6, 6.07) is 5.26. The Bertz CT molecular complexity index is 547. The van der Waals surface area contributed by atoms with Crippen LogP contribution in [0.3, 0.4) is 0 Å². The first-order chi connectivity index (χ1) is 10.0. The van der Waals surface area contributed by atoms with Crippen LogP contribution in [0.15, 0.2) is 18.2 Å². The van der Waals surface area contributed by atoms with E-state index in [9.17, 15) is 9.59 Å². The summed E-state index contributed by atoms with van der Waals surface area (Å²) in [4.78, 5) is 30.1. The van der Waals surface area contributed by atoms with Crippen LogP contribution >= 0.6 is 0 Å². The van der Waals surface area contributed by atoms with Gasteiger partial charge >= 0.3 is 5.97 Å². The molecule has 1 aromatic heterocycles. The Balaban J connectivity index is 2.20. The first-order valence-electron chi connectivity index (χ1n) is 7.09. The quantitative estimate of drug-likeness (QED) is 0.837. The average molecular weight is 291 g/mol. The van der Waals surface area contributed by atoms with Crippen LogP contribution in [0, 0.1) is 0 Å². The molecule has 0 aromatic carbocycles. The molecule has 21 heavy (non-hydrogen) atoms. The van der Waals surface area contributed by atoms with Gasteiger partial charge in [-0.1, -0.05) is 13.0 Å². The topological polar surface area (TPSA) is 71.5 Å². The molecule has 1 unspecified atom stereocenters. The van der Waals surface area contributed by atoms with Gasteiger partial charge in [0.1, 0.15) is 5.69 Å². The van der Waals surface area contributed by atoms with Crippen molar-refractivity contribution >= 4 is 11.9 Å². The van der Waals surface area contributed by atoms with Gasteiger partial charge in [-0.15, -0.1) is 0 Å². The van der Waals surface area contributed by atoms with E-state index in [0.717, 1.165) is 18.7 Å². The van der Waals surface area contributed by atoms with Crippen LogP contribution in [0.2, 0.25) is 0 Å². The number of nitrogens with zero attached hydrogens (tertiary/aromatic N) is 2. The molecule has 2 heterocycles. The lowest BCUT2D eigenvalue weighted by atomic mass is 9.92. The Morgan fingerprint density at radius 1 is 1.52 bits per heavy atom. The number of pyridine rings is 1. The number of amides is 1. The van der Waals surface area contributed by atoms with Crippen LogP contribution in [0.5, 0.6) is 0 Å². The van der Waals surface area contributed by atoms with Crippen molar-refractivity contribution in [3.63, 3.8) is 0 Å². The molecule has 0 aliphatic carbocycles. The van der Waals surface area contributed by atoms with Gasteiger partial charge in [-0.05, 0) is 25.5 Å². The maximum Gasteiger partial charge on any atom is 0.356 e. The second kappa shape index (κ2) is 6.22. The molecule has 6 heteroatoms. The smallest absolute Gasteiger partial charge is 0.356 e. The van der Waals surface area contributed by atoms with Gasteiger partial charge in [0.05, 0.1) is 18.3 Å². The van der Waals surface area contributed by atoms with E-state index >= 15 is 0 Å². The number of ether oxygens (including phenoxy) is 1. The molecule has 1 aliphatic heterocycles. The Labute approximate surface area is 124 Å². The third-order valence-electron chi connectivity index (χ3n) is 4.10. The zero-order valence-corrected chi connectivity index (χ0v) is 12.7. The minimum Gasteiger partial charge on any atom is -0.464 e. The summed E-state index contributed by atoms with van der Waals surface area (Å²) >= 11 is 0. The van der Waals surface area contributed by atoms with Crippen molar-refractivity contribution in [1.82, 2.24) is 15.2 Å². The van der Waals surface area contributed by atoms with Crippen molar-refractivity contribution in [3.05, 3.63) is 29.6 Å². The second-order valence-corrected chi connectivity index (χ2v) is 5.31. The fraction of sp³-hybridized carbons (Fsp3) is 0.533. The number of carbonyl (C=O) groups is 2. The van der Waals surface area contributed by atoms with Gasteiger partial charge < -0.3 is 10.1 Å². The normalized spacial score (nSPS) is 22.7. The molecule has 1 amide bonds. The monoisotopic (exact) mass is 291 g/mol. The van der Waals surface area contributed by atoms with Crippen LogP contribution in [-0.2, 0) is 16.1 Å². The summed E-state index contributed by atoms with van der Waals surface area (Å²) in [6.45, 7) is 5.86. The summed E-state index contributed by atoms with van der Waals surface area (Å²) in [5.41, 5.74) is 0.503. The zero-order valence-electron chi connectivity index (χ0n) is 12.7. The Hall–Kier alpha value is -1.95. The van der Waals surface area contributed by atoms with Gasteiger partial charge in [-0.2, -0.15) is 0 Å². The van der Waals surface area contributed by atoms with Gasteiger partial charge in [-0.25, -0.2) is 9.78 Å². The number of nitrogens with one attached hydrogen (secondary N) is 1. The summed E-state index contributed by atoms with van der Waals surface area (Å²) in [5.74, 6) is -0.410. The molecule has 0 bridgehead atoms. The van der Waals surface area contributed by atoms with Crippen molar-refractivity contribution in [2.45, 2.75) is 32.4 Å². The number of esters is 1. The molecular weight excluding hydrogens is 270 g/mol. The first kappa shape index (κ1) is 15.4.